The van der Waals surface area contributed by atoms with E-state index in [1.54, 1.807) is 0 Å². The highest BCUT2D eigenvalue weighted by Crippen LogP contribution is 2.41. The molecule has 2 heterocycles. The van der Waals surface area contributed by atoms with Gasteiger partial charge < -0.3 is 0 Å². The van der Waals surface area contributed by atoms with Gasteiger partial charge in [-0.05, 0) is 65.7 Å². The first-order valence-electron chi connectivity index (χ1n) is 11.7. The Morgan fingerprint density at radius 1 is 0.457 bits per heavy atom. The summed E-state index contributed by atoms with van der Waals surface area (Å²) >= 11 is 6.16. The van der Waals surface area contributed by atoms with Gasteiger partial charge in [0.15, 0.2) is 0 Å². The van der Waals surface area contributed by atoms with Gasteiger partial charge in [-0.15, -0.1) is 0 Å². The topological polar surface area (TPSA) is 9.86 Å². The second-order valence-corrected chi connectivity index (χ2v) is 9.23. The van der Waals surface area contributed by atoms with E-state index in [1.165, 1.54) is 38.4 Å². The molecule has 7 rings (SSSR count). The largest absolute Gasteiger partial charge is 0.295 e. The average Bonchev–Trinajstić information content (AvgIpc) is 3.42. The number of nitrogens with zero attached hydrogens (tertiary/aromatic N) is 2. The van der Waals surface area contributed by atoms with Crippen molar-refractivity contribution in [2.45, 2.75) is 0 Å². The van der Waals surface area contributed by atoms with E-state index in [1.807, 2.05) is 12.1 Å². The lowest BCUT2D eigenvalue weighted by Gasteiger charge is -2.13. The van der Waals surface area contributed by atoms with Gasteiger partial charge >= 0.3 is 0 Å². The Morgan fingerprint density at radius 3 is 1.66 bits per heavy atom. The number of para-hydroxylation sites is 3. The van der Waals surface area contributed by atoms with E-state index in [0.29, 0.717) is 0 Å². The van der Waals surface area contributed by atoms with Gasteiger partial charge in [-0.3, -0.25) is 9.13 Å². The third-order valence-electron chi connectivity index (χ3n) is 6.77. The van der Waals surface area contributed by atoms with Crippen LogP contribution in [0.3, 0.4) is 0 Å². The van der Waals surface area contributed by atoms with Crippen LogP contribution < -0.4 is 0 Å². The van der Waals surface area contributed by atoms with Crippen LogP contribution in [0.2, 0.25) is 5.02 Å². The van der Waals surface area contributed by atoms with Gasteiger partial charge in [0.1, 0.15) is 5.65 Å². The van der Waals surface area contributed by atoms with Crippen LogP contribution >= 0.6 is 11.6 Å². The van der Waals surface area contributed by atoms with Crippen LogP contribution in [0.15, 0.2) is 127 Å². The third kappa shape index (κ3) is 3.11. The van der Waals surface area contributed by atoms with Crippen molar-refractivity contribution in [3.05, 3.63) is 132 Å². The first-order valence-corrected chi connectivity index (χ1v) is 12.1. The van der Waals surface area contributed by atoms with Crippen molar-refractivity contribution in [1.82, 2.24) is 9.13 Å². The van der Waals surface area contributed by atoms with Crippen LogP contribution in [0.1, 0.15) is 0 Å². The van der Waals surface area contributed by atoms with Crippen LogP contribution in [0.25, 0.3) is 55.3 Å². The molecule has 0 aliphatic rings. The fourth-order valence-corrected chi connectivity index (χ4v) is 5.37. The second-order valence-electron chi connectivity index (χ2n) is 8.80. The number of hydrogen-bond acceptors (Lipinski definition) is 0. The predicted molar refractivity (Wildman–Crippen MR) is 148 cm³/mol. The predicted octanol–water partition coefficient (Wildman–Crippen LogP) is 9.05. The maximum atomic E-state index is 6.16. The van der Waals surface area contributed by atoms with Crippen molar-refractivity contribution in [2.75, 3.05) is 0 Å². The number of fused-ring (bicyclic) bond motifs is 5. The molecule has 7 aromatic rings. The zero-order chi connectivity index (χ0) is 23.4. The van der Waals surface area contributed by atoms with Gasteiger partial charge in [0.25, 0.3) is 0 Å². The molecule has 0 amide bonds. The zero-order valence-electron chi connectivity index (χ0n) is 18.9. The van der Waals surface area contributed by atoms with Crippen molar-refractivity contribution in [3.8, 4) is 22.5 Å². The van der Waals surface area contributed by atoms with Crippen molar-refractivity contribution in [1.29, 1.82) is 0 Å². The summed E-state index contributed by atoms with van der Waals surface area (Å²) in [6.45, 7) is 0. The molecule has 0 aliphatic carbocycles. The molecule has 0 unspecified atom stereocenters. The minimum Gasteiger partial charge on any atom is -0.295 e. The van der Waals surface area contributed by atoms with E-state index in [4.69, 9.17) is 11.6 Å². The molecule has 2 aromatic heterocycles. The van der Waals surface area contributed by atoms with Gasteiger partial charge in [-0.2, -0.15) is 0 Å². The van der Waals surface area contributed by atoms with E-state index < -0.39 is 0 Å². The minimum atomic E-state index is 0.749. The minimum absolute atomic E-state index is 0.749. The summed E-state index contributed by atoms with van der Waals surface area (Å²) in [5.74, 6) is 0. The molecule has 35 heavy (non-hydrogen) atoms. The zero-order valence-corrected chi connectivity index (χ0v) is 19.7. The second kappa shape index (κ2) is 7.90. The normalized spacial score (nSPS) is 11.6. The van der Waals surface area contributed by atoms with Gasteiger partial charge in [-0.25, -0.2) is 0 Å². The molecule has 2 nitrogen and oxygen atoms in total. The lowest BCUT2D eigenvalue weighted by molar-refractivity contribution is 1.07. The van der Waals surface area contributed by atoms with Crippen LogP contribution in [0.5, 0.6) is 0 Å². The summed E-state index contributed by atoms with van der Waals surface area (Å²) in [4.78, 5) is 0. The molecule has 166 valence electrons. The lowest BCUT2D eigenvalue weighted by atomic mass is 10.0. The maximum Gasteiger partial charge on any atom is 0.131 e. The summed E-state index contributed by atoms with van der Waals surface area (Å²) in [5.41, 5.74) is 8.19. The Balaban J connectivity index is 1.67. The van der Waals surface area contributed by atoms with E-state index in [-0.39, 0.29) is 0 Å². The van der Waals surface area contributed by atoms with Crippen molar-refractivity contribution < 1.29 is 0 Å². The molecule has 0 spiro atoms. The van der Waals surface area contributed by atoms with Gasteiger partial charge in [0.2, 0.25) is 0 Å². The molecule has 5 aromatic carbocycles. The molecule has 0 radical (unpaired) electrons. The Labute approximate surface area is 208 Å². The summed E-state index contributed by atoms with van der Waals surface area (Å²) in [6.07, 6.45) is 0. The van der Waals surface area contributed by atoms with E-state index in [0.717, 1.165) is 22.0 Å². The molecule has 0 bridgehead atoms. The van der Waals surface area contributed by atoms with Crippen molar-refractivity contribution >= 4 is 44.4 Å². The number of rotatable bonds is 3. The van der Waals surface area contributed by atoms with Crippen LogP contribution in [-0.4, -0.2) is 9.13 Å². The number of aromatic nitrogens is 2. The molecule has 0 atom stereocenters. The molecule has 3 heteroatoms. The molecule has 0 saturated heterocycles. The quantitative estimate of drug-likeness (QED) is 0.245. The van der Waals surface area contributed by atoms with E-state index in [2.05, 4.69) is 124 Å². The highest BCUT2D eigenvalue weighted by molar-refractivity contribution is 6.30. The number of halogens is 1. The van der Waals surface area contributed by atoms with E-state index in [9.17, 15) is 0 Å². The molecular weight excluding hydrogens is 448 g/mol. The van der Waals surface area contributed by atoms with Crippen molar-refractivity contribution in [2.24, 2.45) is 0 Å². The summed E-state index contributed by atoms with van der Waals surface area (Å²) in [5, 5.41) is 4.50. The highest BCUT2D eigenvalue weighted by atomic mass is 35.5. The molecule has 0 aliphatic heterocycles. The third-order valence-corrected chi connectivity index (χ3v) is 7.03. The van der Waals surface area contributed by atoms with Gasteiger partial charge in [0, 0.05) is 32.6 Å². The Bertz CT molecular complexity index is 1830. The molecule has 0 fully saturated rings. The fourth-order valence-electron chi connectivity index (χ4n) is 5.25. The summed E-state index contributed by atoms with van der Waals surface area (Å²) in [7, 11) is 0. The first-order chi connectivity index (χ1) is 17.3. The summed E-state index contributed by atoms with van der Waals surface area (Å²) in [6, 6.07) is 44.8. The van der Waals surface area contributed by atoms with Crippen LogP contribution in [0, 0.1) is 0 Å². The molecule has 0 saturated carbocycles. The fraction of sp³-hybridized carbons (Fsp3) is 0. The van der Waals surface area contributed by atoms with Gasteiger partial charge in [0.05, 0.1) is 11.0 Å². The maximum absolute atomic E-state index is 6.16. The Morgan fingerprint density at radius 2 is 1.00 bits per heavy atom. The first kappa shape index (κ1) is 20.1. The SMILES string of the molecule is Clc1ccc(-c2ccc3c(c2)c2c4ccccc4n(-c4ccccc4)c2n3-c2ccccc2)cc1. The monoisotopic (exact) mass is 468 g/mol. The Kier molecular flexibility index (Phi) is 4.54. The summed E-state index contributed by atoms with van der Waals surface area (Å²) < 4.78 is 4.78. The molecular formula is C32H21ClN2. The average molecular weight is 469 g/mol. The van der Waals surface area contributed by atoms with E-state index >= 15 is 0 Å². The molecule has 0 N–H and O–H groups in total. The van der Waals surface area contributed by atoms with Gasteiger partial charge in [-0.1, -0.05) is 84.4 Å². The number of benzene rings is 5. The smallest absolute Gasteiger partial charge is 0.131 e. The standard InChI is InChI=1S/C32H21ClN2/c33-24-18-15-22(16-19-24)23-17-20-30-28(21-23)31-27-13-7-8-14-29(27)34(25-9-3-1-4-10-25)32(31)35(30)26-11-5-2-6-12-26/h1-21H. The number of hydrogen-bond donors (Lipinski definition) is 0. The van der Waals surface area contributed by atoms with Crippen molar-refractivity contribution in [3.63, 3.8) is 0 Å². The highest BCUT2D eigenvalue weighted by Gasteiger charge is 2.22. The van der Waals surface area contributed by atoms with Crippen LogP contribution in [0.4, 0.5) is 0 Å². The van der Waals surface area contributed by atoms with Crippen LogP contribution in [-0.2, 0) is 0 Å². The lowest BCUT2D eigenvalue weighted by Crippen LogP contribution is -2.01. The Hall–Kier alpha value is -4.27.